The summed E-state index contributed by atoms with van der Waals surface area (Å²) in [6, 6.07) is 9.84. The molecule has 2 amide bonds. The summed E-state index contributed by atoms with van der Waals surface area (Å²) in [7, 11) is 0. The first kappa shape index (κ1) is 10.8. The Balaban J connectivity index is 1.73. The monoisotopic (exact) mass is 243 g/mol. The number of hydrogen-bond donors (Lipinski definition) is 1. The zero-order chi connectivity index (χ0) is 12.4. The molecule has 1 fully saturated rings. The number of rotatable bonds is 3. The van der Waals surface area contributed by atoms with Crippen LogP contribution in [0.5, 0.6) is 0 Å². The van der Waals surface area contributed by atoms with Crippen molar-refractivity contribution >= 4 is 11.7 Å². The predicted molar refractivity (Wildman–Crippen MR) is 66.9 cm³/mol. The topological polar surface area (TPSA) is 53.5 Å². The van der Waals surface area contributed by atoms with E-state index >= 15 is 0 Å². The van der Waals surface area contributed by atoms with Gasteiger partial charge < -0.3 is 4.90 Å². The van der Waals surface area contributed by atoms with Crippen LogP contribution in [0.4, 0.5) is 10.5 Å². The minimum absolute atomic E-state index is 0.0656. The van der Waals surface area contributed by atoms with Gasteiger partial charge >= 0.3 is 6.03 Å². The van der Waals surface area contributed by atoms with Gasteiger partial charge in [0.25, 0.3) is 0 Å². The average Bonchev–Trinajstić information content (AvgIpc) is 3.03. The normalized spacial score (nSPS) is 15.4. The highest BCUT2D eigenvalue weighted by molar-refractivity contribution is 5.94. The van der Waals surface area contributed by atoms with E-state index in [0.29, 0.717) is 6.54 Å². The Hall–Kier alpha value is -2.30. The third-order valence-corrected chi connectivity index (χ3v) is 3.12. The van der Waals surface area contributed by atoms with Crippen molar-refractivity contribution < 1.29 is 9.78 Å². The molecule has 0 atom stereocenters. The lowest BCUT2D eigenvalue weighted by atomic mass is 10.3. The minimum atomic E-state index is 0.0656. The minimum Gasteiger partial charge on any atom is -0.314 e. The number of nitrogens with zero attached hydrogens (tertiary/aromatic N) is 2. The molecule has 92 valence electrons. The average molecular weight is 243 g/mol. The third kappa shape index (κ3) is 1.95. The molecule has 2 heterocycles. The number of hydrogen-bond acceptors (Lipinski definition) is 1. The number of benzene rings is 1. The summed E-state index contributed by atoms with van der Waals surface area (Å²) < 4.78 is 0. The number of carbonyl (C=O) groups is 1. The van der Waals surface area contributed by atoms with Crippen molar-refractivity contribution in [1.29, 1.82) is 0 Å². The van der Waals surface area contributed by atoms with Gasteiger partial charge in [-0.15, -0.1) is 0 Å². The number of carbonyl (C=O) groups excluding carboxylic acids is 1. The Morgan fingerprint density at radius 1 is 1.22 bits per heavy atom. The van der Waals surface area contributed by atoms with E-state index in [-0.39, 0.29) is 6.03 Å². The zero-order valence-corrected chi connectivity index (χ0v) is 9.97. The smallest absolute Gasteiger partial charge is 0.314 e. The molecule has 0 spiro atoms. The van der Waals surface area contributed by atoms with E-state index in [4.69, 9.17) is 0 Å². The second-order valence-corrected chi connectivity index (χ2v) is 4.32. The summed E-state index contributed by atoms with van der Waals surface area (Å²) in [6.45, 7) is 2.12. The molecule has 3 rings (SSSR count). The van der Waals surface area contributed by atoms with Gasteiger partial charge in [0, 0.05) is 18.8 Å². The molecule has 1 aliphatic rings. The number of aromatic amines is 2. The van der Waals surface area contributed by atoms with Crippen LogP contribution in [0.2, 0.25) is 0 Å². The van der Waals surface area contributed by atoms with Crippen LogP contribution in [0.3, 0.4) is 0 Å². The summed E-state index contributed by atoms with van der Waals surface area (Å²) in [5.41, 5.74) is 1.97. The number of anilines is 1. The summed E-state index contributed by atoms with van der Waals surface area (Å²) >= 11 is 0. The van der Waals surface area contributed by atoms with Crippen LogP contribution in [0.15, 0.2) is 42.9 Å². The number of para-hydroxylation sites is 1. The van der Waals surface area contributed by atoms with E-state index in [2.05, 4.69) is 9.97 Å². The Morgan fingerprint density at radius 2 is 2.06 bits per heavy atom. The zero-order valence-electron chi connectivity index (χ0n) is 9.97. The van der Waals surface area contributed by atoms with Gasteiger partial charge in [0.05, 0.1) is 6.54 Å². The van der Waals surface area contributed by atoms with Crippen LogP contribution >= 0.6 is 0 Å². The Labute approximate surface area is 105 Å². The molecule has 2 aromatic rings. The van der Waals surface area contributed by atoms with Gasteiger partial charge in [0.15, 0.2) is 5.69 Å². The fourth-order valence-electron chi connectivity index (χ4n) is 2.19. The lowest BCUT2D eigenvalue weighted by molar-refractivity contribution is -0.376. The van der Waals surface area contributed by atoms with Crippen LogP contribution in [-0.4, -0.2) is 29.0 Å². The highest BCUT2D eigenvalue weighted by Crippen LogP contribution is 2.20. The van der Waals surface area contributed by atoms with E-state index in [0.717, 1.165) is 24.5 Å². The number of urea groups is 1. The summed E-state index contributed by atoms with van der Waals surface area (Å²) in [5.74, 6) is 0. The highest BCUT2D eigenvalue weighted by atomic mass is 16.2. The van der Waals surface area contributed by atoms with Crippen molar-refractivity contribution in [3.8, 4) is 0 Å². The van der Waals surface area contributed by atoms with Crippen LogP contribution in [0, 0.1) is 0 Å². The molecule has 1 aliphatic heterocycles. The van der Waals surface area contributed by atoms with Gasteiger partial charge in [0.2, 0.25) is 6.33 Å². The second-order valence-electron chi connectivity index (χ2n) is 4.32. The summed E-state index contributed by atoms with van der Waals surface area (Å²) in [6.07, 6.45) is 3.63. The first-order valence-corrected chi connectivity index (χ1v) is 5.99. The lowest BCUT2D eigenvalue weighted by Crippen LogP contribution is -2.31. The summed E-state index contributed by atoms with van der Waals surface area (Å²) in [4.78, 5) is 21.9. The van der Waals surface area contributed by atoms with Gasteiger partial charge in [0.1, 0.15) is 6.20 Å². The Bertz CT molecular complexity index is 523. The first-order valence-electron chi connectivity index (χ1n) is 5.99. The van der Waals surface area contributed by atoms with Crippen molar-refractivity contribution in [1.82, 2.24) is 9.88 Å². The molecule has 1 saturated heterocycles. The molecule has 0 unspecified atom stereocenters. The van der Waals surface area contributed by atoms with Crippen LogP contribution < -0.4 is 9.88 Å². The summed E-state index contributed by atoms with van der Waals surface area (Å²) in [5, 5.41) is 0. The van der Waals surface area contributed by atoms with Gasteiger partial charge in [-0.25, -0.2) is 14.8 Å². The van der Waals surface area contributed by atoms with Gasteiger partial charge in [-0.05, 0) is 12.1 Å². The maximum absolute atomic E-state index is 12.3. The van der Waals surface area contributed by atoms with Crippen molar-refractivity contribution in [2.45, 2.75) is 6.54 Å². The molecule has 18 heavy (non-hydrogen) atoms. The molecule has 0 saturated carbocycles. The quantitative estimate of drug-likeness (QED) is 0.867. The van der Waals surface area contributed by atoms with Crippen molar-refractivity contribution in [2.24, 2.45) is 0 Å². The highest BCUT2D eigenvalue weighted by Gasteiger charge is 2.30. The van der Waals surface area contributed by atoms with Crippen LogP contribution in [0.25, 0.3) is 0 Å². The number of amides is 2. The standard InChI is InChI=1S/C13H14N4O/c18-13-16(9-11-8-14-10-15-11)6-7-17(13)12-4-2-1-3-5-12/h1-5,8,10H,6-7,9H2,(H,14,15)/p+1. The van der Waals surface area contributed by atoms with Crippen molar-refractivity contribution in [3.63, 3.8) is 0 Å². The number of nitrogens with one attached hydrogen (secondary N) is 2. The van der Waals surface area contributed by atoms with Gasteiger partial charge in [-0.3, -0.25) is 4.90 Å². The largest absolute Gasteiger partial charge is 0.325 e. The number of imidazole rings is 1. The Morgan fingerprint density at radius 3 is 2.78 bits per heavy atom. The molecule has 0 aliphatic carbocycles. The van der Waals surface area contributed by atoms with Gasteiger partial charge in [-0.2, -0.15) is 0 Å². The predicted octanol–water partition coefficient (Wildman–Crippen LogP) is 1.27. The van der Waals surface area contributed by atoms with Crippen LogP contribution in [-0.2, 0) is 6.54 Å². The molecule has 1 aromatic carbocycles. The SMILES string of the molecule is O=C1N(Cc2c[nH+]c[nH]2)CCN1c1ccccc1. The Kier molecular flexibility index (Phi) is 2.72. The molecule has 0 radical (unpaired) electrons. The molecule has 5 nitrogen and oxygen atoms in total. The van der Waals surface area contributed by atoms with E-state index in [1.807, 2.05) is 46.3 Å². The second kappa shape index (κ2) is 4.52. The van der Waals surface area contributed by atoms with Crippen LogP contribution in [0.1, 0.15) is 5.69 Å². The third-order valence-electron chi connectivity index (χ3n) is 3.12. The fourth-order valence-corrected chi connectivity index (χ4v) is 2.19. The molecule has 1 aromatic heterocycles. The number of H-pyrrole nitrogens is 2. The maximum Gasteiger partial charge on any atom is 0.325 e. The molecule has 2 N–H and O–H groups in total. The lowest BCUT2D eigenvalue weighted by Gasteiger charge is -2.17. The first-order chi connectivity index (χ1) is 8.84. The molecule has 5 heteroatoms. The fraction of sp³-hybridized carbons (Fsp3) is 0.231. The van der Waals surface area contributed by atoms with E-state index in [9.17, 15) is 4.79 Å². The van der Waals surface area contributed by atoms with Crippen molar-refractivity contribution in [2.75, 3.05) is 18.0 Å². The van der Waals surface area contributed by atoms with E-state index < -0.39 is 0 Å². The van der Waals surface area contributed by atoms with E-state index in [1.54, 1.807) is 6.33 Å². The van der Waals surface area contributed by atoms with Crippen molar-refractivity contribution in [3.05, 3.63) is 48.5 Å². The number of aromatic nitrogens is 2. The van der Waals surface area contributed by atoms with E-state index in [1.165, 1.54) is 0 Å². The molecular formula is C13H15N4O+. The van der Waals surface area contributed by atoms with Gasteiger partial charge in [-0.1, -0.05) is 18.2 Å². The maximum atomic E-state index is 12.3. The molecular weight excluding hydrogens is 228 g/mol. The molecule has 0 bridgehead atoms.